The largest absolute Gasteiger partial charge is 0.435 e. The molecule has 0 aliphatic carbocycles. The molecule has 0 saturated carbocycles. The molecule has 0 fully saturated rings. The van der Waals surface area contributed by atoms with Gasteiger partial charge in [-0.05, 0) is 18.2 Å². The van der Waals surface area contributed by atoms with Crippen LogP contribution in [-0.4, -0.2) is 15.7 Å². The predicted molar refractivity (Wildman–Crippen MR) is 102 cm³/mol. The number of anilines is 1. The fourth-order valence-electron chi connectivity index (χ4n) is 2.81. The first kappa shape index (κ1) is 20.2. The number of carbonyl (C=O) groups is 1. The quantitative estimate of drug-likeness (QED) is 0.589. The fraction of sp³-hybridized carbons (Fsp3) is 0.158. The number of aryl methyl sites for hydroxylation is 1. The predicted octanol–water partition coefficient (Wildman–Crippen LogP) is 5.59. The summed E-state index contributed by atoms with van der Waals surface area (Å²) < 4.78 is 40.2. The number of amides is 1. The molecule has 3 rings (SSSR count). The van der Waals surface area contributed by atoms with Crippen LogP contribution in [0.25, 0.3) is 11.1 Å². The highest BCUT2D eigenvalue weighted by Crippen LogP contribution is 2.35. The minimum absolute atomic E-state index is 0.200. The molecule has 28 heavy (non-hydrogen) atoms. The van der Waals surface area contributed by atoms with Crippen molar-refractivity contribution >= 4 is 34.8 Å². The molecule has 9 heteroatoms. The first-order chi connectivity index (χ1) is 13.1. The van der Waals surface area contributed by atoms with Crippen molar-refractivity contribution in [1.82, 2.24) is 9.78 Å². The van der Waals surface area contributed by atoms with E-state index in [0.29, 0.717) is 26.9 Å². The molecule has 0 bridgehead atoms. The normalized spacial score (nSPS) is 11.5. The van der Waals surface area contributed by atoms with E-state index in [9.17, 15) is 18.0 Å². The summed E-state index contributed by atoms with van der Waals surface area (Å²) >= 11 is 12.2. The maximum atomic E-state index is 13.1. The number of hydrogen-bond donors (Lipinski definition) is 1. The number of nitrogens with zero attached hydrogens (tertiary/aromatic N) is 2. The molecule has 1 heterocycles. The van der Waals surface area contributed by atoms with Crippen molar-refractivity contribution in [3.63, 3.8) is 0 Å². The van der Waals surface area contributed by atoms with Crippen molar-refractivity contribution < 1.29 is 18.0 Å². The van der Waals surface area contributed by atoms with Crippen molar-refractivity contribution in [2.45, 2.75) is 12.6 Å². The Morgan fingerprint density at radius 1 is 1.14 bits per heavy atom. The van der Waals surface area contributed by atoms with Gasteiger partial charge in [0.1, 0.15) is 0 Å². The number of aromatic nitrogens is 2. The van der Waals surface area contributed by atoms with Gasteiger partial charge < -0.3 is 5.32 Å². The number of carbonyl (C=O) groups excluding carboxylic acids is 1. The zero-order valence-corrected chi connectivity index (χ0v) is 16.0. The van der Waals surface area contributed by atoms with E-state index in [4.69, 9.17) is 23.2 Å². The number of rotatable bonds is 4. The zero-order chi connectivity index (χ0) is 20.5. The Morgan fingerprint density at radius 2 is 1.86 bits per heavy atom. The molecule has 146 valence electrons. The van der Waals surface area contributed by atoms with Gasteiger partial charge in [-0.2, -0.15) is 18.3 Å². The lowest BCUT2D eigenvalue weighted by atomic mass is 10.0. The fourth-order valence-corrected chi connectivity index (χ4v) is 3.32. The molecule has 0 unspecified atom stereocenters. The van der Waals surface area contributed by atoms with Gasteiger partial charge in [0.25, 0.3) is 0 Å². The summed E-state index contributed by atoms with van der Waals surface area (Å²) in [5.41, 5.74) is 0.418. The van der Waals surface area contributed by atoms with Gasteiger partial charge in [0.05, 0.1) is 6.42 Å². The Hall–Kier alpha value is -2.51. The minimum Gasteiger partial charge on any atom is -0.325 e. The van der Waals surface area contributed by atoms with Gasteiger partial charge in [0.2, 0.25) is 5.91 Å². The van der Waals surface area contributed by atoms with Crippen LogP contribution < -0.4 is 5.32 Å². The average Bonchev–Trinajstić information content (AvgIpc) is 2.96. The van der Waals surface area contributed by atoms with Gasteiger partial charge in [-0.1, -0.05) is 47.5 Å². The zero-order valence-electron chi connectivity index (χ0n) is 14.5. The Labute approximate surface area is 168 Å². The van der Waals surface area contributed by atoms with Gasteiger partial charge in [-0.3, -0.25) is 9.48 Å². The molecular weight excluding hydrogens is 414 g/mol. The molecule has 2 aromatic carbocycles. The molecule has 1 amide bonds. The summed E-state index contributed by atoms with van der Waals surface area (Å²) in [6.07, 6.45) is -3.92. The number of hydrogen-bond acceptors (Lipinski definition) is 2. The van der Waals surface area contributed by atoms with Crippen molar-refractivity contribution in [1.29, 1.82) is 0 Å². The average molecular weight is 428 g/mol. The van der Waals surface area contributed by atoms with Crippen LogP contribution in [0.15, 0.2) is 48.7 Å². The SMILES string of the molecule is Cn1cc(CC(=O)Nc2ccccc2-c2ccc(Cl)cc2Cl)c(C(F)(F)F)n1. The molecule has 3 aromatic rings. The van der Waals surface area contributed by atoms with Gasteiger partial charge in [0.15, 0.2) is 5.69 Å². The number of alkyl halides is 3. The van der Waals surface area contributed by atoms with E-state index in [1.165, 1.54) is 13.2 Å². The smallest absolute Gasteiger partial charge is 0.325 e. The van der Waals surface area contributed by atoms with E-state index in [2.05, 4.69) is 10.4 Å². The number of nitrogens with one attached hydrogen (secondary N) is 1. The lowest BCUT2D eigenvalue weighted by Gasteiger charge is -2.13. The van der Waals surface area contributed by atoms with Crippen LogP contribution >= 0.6 is 23.2 Å². The van der Waals surface area contributed by atoms with E-state index in [1.54, 1.807) is 42.5 Å². The van der Waals surface area contributed by atoms with Crippen LogP contribution in [0.3, 0.4) is 0 Å². The Morgan fingerprint density at radius 3 is 2.54 bits per heavy atom. The summed E-state index contributed by atoms with van der Waals surface area (Å²) in [5, 5.41) is 6.92. The molecule has 4 nitrogen and oxygen atoms in total. The van der Waals surface area contributed by atoms with Crippen LogP contribution in [0.1, 0.15) is 11.3 Å². The topological polar surface area (TPSA) is 46.9 Å². The molecule has 1 N–H and O–H groups in total. The maximum absolute atomic E-state index is 13.1. The Balaban J connectivity index is 1.87. The lowest BCUT2D eigenvalue weighted by Crippen LogP contribution is -2.17. The molecule has 0 aliphatic heterocycles. The molecule has 0 atom stereocenters. The van der Waals surface area contributed by atoms with E-state index in [0.717, 1.165) is 4.68 Å². The van der Waals surface area contributed by atoms with Crippen LogP contribution in [0.5, 0.6) is 0 Å². The first-order valence-corrected chi connectivity index (χ1v) is 8.85. The van der Waals surface area contributed by atoms with Crippen molar-refractivity contribution in [3.8, 4) is 11.1 Å². The van der Waals surface area contributed by atoms with Gasteiger partial charge in [-0.25, -0.2) is 0 Å². The van der Waals surface area contributed by atoms with Crippen LogP contribution in [0.4, 0.5) is 18.9 Å². The standard InChI is InChI=1S/C19H14Cl2F3N3O/c1-27-10-11(18(26-27)19(22,23)24)8-17(28)25-16-5-3-2-4-14(16)13-7-6-12(20)9-15(13)21/h2-7,9-10H,8H2,1H3,(H,25,28). The second-order valence-electron chi connectivity index (χ2n) is 6.07. The van der Waals surface area contributed by atoms with E-state index in [1.807, 2.05) is 0 Å². The van der Waals surface area contributed by atoms with E-state index < -0.39 is 24.2 Å². The maximum Gasteiger partial charge on any atom is 0.435 e. The third-order valence-corrected chi connectivity index (χ3v) is 4.49. The number of benzene rings is 2. The van der Waals surface area contributed by atoms with Crippen LogP contribution in [0.2, 0.25) is 10.0 Å². The molecule has 0 aliphatic rings. The number of para-hydroxylation sites is 1. The third-order valence-electron chi connectivity index (χ3n) is 3.95. The van der Waals surface area contributed by atoms with E-state index >= 15 is 0 Å². The second-order valence-corrected chi connectivity index (χ2v) is 6.91. The Kier molecular flexibility index (Phi) is 5.67. The van der Waals surface area contributed by atoms with Crippen molar-refractivity contribution in [2.24, 2.45) is 7.05 Å². The Bertz CT molecular complexity index is 1030. The van der Waals surface area contributed by atoms with E-state index in [-0.39, 0.29) is 5.56 Å². The molecule has 1 aromatic heterocycles. The second kappa shape index (κ2) is 7.85. The van der Waals surface area contributed by atoms with Crippen molar-refractivity contribution in [3.05, 3.63) is 70.0 Å². The third kappa shape index (κ3) is 4.48. The van der Waals surface area contributed by atoms with Crippen LogP contribution in [-0.2, 0) is 24.4 Å². The first-order valence-electron chi connectivity index (χ1n) is 8.09. The van der Waals surface area contributed by atoms with Gasteiger partial charge >= 0.3 is 6.18 Å². The highest BCUT2D eigenvalue weighted by atomic mass is 35.5. The lowest BCUT2D eigenvalue weighted by molar-refractivity contribution is -0.142. The highest BCUT2D eigenvalue weighted by molar-refractivity contribution is 6.36. The van der Waals surface area contributed by atoms with Gasteiger partial charge in [0, 0.05) is 45.7 Å². The summed E-state index contributed by atoms with van der Waals surface area (Å²) in [4.78, 5) is 12.4. The minimum atomic E-state index is -4.63. The van der Waals surface area contributed by atoms with Crippen LogP contribution in [0, 0.1) is 0 Å². The summed E-state index contributed by atoms with van der Waals surface area (Å²) in [6, 6.07) is 11.8. The summed E-state index contributed by atoms with van der Waals surface area (Å²) in [6.45, 7) is 0. The molecule has 0 radical (unpaired) electrons. The molecule has 0 saturated heterocycles. The molecule has 0 spiro atoms. The summed E-state index contributed by atoms with van der Waals surface area (Å²) in [5.74, 6) is -0.601. The molecular formula is C19H14Cl2F3N3O. The monoisotopic (exact) mass is 427 g/mol. The number of halogens is 5. The van der Waals surface area contributed by atoms with Gasteiger partial charge in [-0.15, -0.1) is 0 Å². The summed E-state index contributed by atoms with van der Waals surface area (Å²) in [7, 11) is 1.37. The highest BCUT2D eigenvalue weighted by Gasteiger charge is 2.37. The van der Waals surface area contributed by atoms with Crippen molar-refractivity contribution in [2.75, 3.05) is 5.32 Å².